The molecule has 6 nitrogen and oxygen atoms in total. The molecule has 0 atom stereocenters. The Morgan fingerprint density at radius 1 is 0.879 bits per heavy atom. The van der Waals surface area contributed by atoms with Crippen molar-refractivity contribution in [2.45, 2.75) is 6.92 Å². The number of nitrogens with one attached hydrogen (secondary N) is 1. The van der Waals surface area contributed by atoms with E-state index in [4.69, 9.17) is 9.47 Å². The number of hydrogen-bond donors (Lipinski definition) is 1. The van der Waals surface area contributed by atoms with E-state index in [1.54, 1.807) is 36.4 Å². The van der Waals surface area contributed by atoms with Crippen molar-refractivity contribution in [3.8, 4) is 11.5 Å². The van der Waals surface area contributed by atoms with Crippen molar-refractivity contribution in [1.29, 1.82) is 0 Å². The van der Waals surface area contributed by atoms with Gasteiger partial charge in [0.2, 0.25) is 0 Å². The van der Waals surface area contributed by atoms with Crippen molar-refractivity contribution >= 4 is 28.9 Å². The smallest absolute Gasteiger partial charge is 0.343 e. The summed E-state index contributed by atoms with van der Waals surface area (Å²) in [6, 6.07) is 25.3. The Morgan fingerprint density at radius 2 is 1.64 bits per heavy atom. The van der Waals surface area contributed by atoms with Gasteiger partial charge in [-0.15, -0.1) is 0 Å². The largest absolute Gasteiger partial charge is 0.493 e. The van der Waals surface area contributed by atoms with Gasteiger partial charge in [0.25, 0.3) is 5.91 Å². The number of hydrogen-bond acceptors (Lipinski definition) is 5. The topological polar surface area (TPSA) is 77.0 Å². The van der Waals surface area contributed by atoms with E-state index >= 15 is 0 Å². The molecule has 0 radical (unpaired) electrons. The van der Waals surface area contributed by atoms with E-state index in [9.17, 15) is 9.59 Å². The van der Waals surface area contributed by atoms with Gasteiger partial charge in [-0.2, -0.15) is 5.10 Å². The highest BCUT2D eigenvalue weighted by molar-refractivity contribution is 6.07. The van der Waals surface area contributed by atoms with E-state index in [1.807, 2.05) is 55.5 Å². The molecule has 0 saturated carbocycles. The number of hydrazone groups is 1. The highest BCUT2D eigenvalue weighted by Crippen LogP contribution is 2.28. The van der Waals surface area contributed by atoms with Crippen LogP contribution in [0.5, 0.6) is 11.5 Å². The van der Waals surface area contributed by atoms with Gasteiger partial charge < -0.3 is 9.47 Å². The van der Waals surface area contributed by atoms with Crippen molar-refractivity contribution in [2.24, 2.45) is 5.10 Å². The third-order valence-electron chi connectivity index (χ3n) is 5.09. The van der Waals surface area contributed by atoms with Crippen molar-refractivity contribution in [1.82, 2.24) is 5.43 Å². The highest BCUT2D eigenvalue weighted by atomic mass is 16.6. The Kier molecular flexibility index (Phi) is 6.45. The molecule has 0 bridgehead atoms. The third kappa shape index (κ3) is 5.07. The lowest BCUT2D eigenvalue weighted by atomic mass is 10.0. The molecule has 0 aliphatic rings. The van der Waals surface area contributed by atoms with E-state index < -0.39 is 5.97 Å². The first-order chi connectivity index (χ1) is 16.0. The molecule has 0 aliphatic heterocycles. The number of ether oxygens (including phenoxy) is 2. The van der Waals surface area contributed by atoms with Crippen LogP contribution >= 0.6 is 0 Å². The zero-order chi connectivity index (χ0) is 23.2. The first-order valence-corrected chi connectivity index (χ1v) is 10.3. The van der Waals surface area contributed by atoms with Gasteiger partial charge in [0.05, 0.1) is 18.9 Å². The minimum Gasteiger partial charge on any atom is -0.493 e. The molecule has 4 aromatic carbocycles. The van der Waals surface area contributed by atoms with Crippen LogP contribution in [0, 0.1) is 6.92 Å². The average molecular weight is 438 g/mol. The molecule has 164 valence electrons. The number of rotatable bonds is 6. The number of amides is 1. The summed E-state index contributed by atoms with van der Waals surface area (Å²) in [4.78, 5) is 25.0. The van der Waals surface area contributed by atoms with Crippen LogP contribution in [0.1, 0.15) is 31.8 Å². The van der Waals surface area contributed by atoms with Gasteiger partial charge in [-0.1, -0.05) is 54.1 Å². The molecule has 0 unspecified atom stereocenters. The van der Waals surface area contributed by atoms with Crippen LogP contribution in [0.2, 0.25) is 0 Å². The summed E-state index contributed by atoms with van der Waals surface area (Å²) in [6.45, 7) is 1.95. The predicted molar refractivity (Wildman–Crippen MR) is 128 cm³/mol. The molecule has 0 saturated heterocycles. The summed E-state index contributed by atoms with van der Waals surface area (Å²) in [5.74, 6) is -0.115. The van der Waals surface area contributed by atoms with Crippen molar-refractivity contribution in [2.75, 3.05) is 7.11 Å². The van der Waals surface area contributed by atoms with Gasteiger partial charge in [-0.25, -0.2) is 10.2 Å². The van der Waals surface area contributed by atoms with Crippen LogP contribution < -0.4 is 14.9 Å². The van der Waals surface area contributed by atoms with E-state index in [0.29, 0.717) is 28.2 Å². The summed E-state index contributed by atoms with van der Waals surface area (Å²) in [5, 5.41) is 5.90. The summed E-state index contributed by atoms with van der Waals surface area (Å²) >= 11 is 0. The number of fused-ring (bicyclic) bond motifs is 1. The molecule has 1 N–H and O–H groups in total. The molecular formula is C27H22N2O4. The van der Waals surface area contributed by atoms with Gasteiger partial charge >= 0.3 is 5.97 Å². The molecule has 6 heteroatoms. The lowest BCUT2D eigenvalue weighted by Gasteiger charge is -2.10. The summed E-state index contributed by atoms with van der Waals surface area (Å²) < 4.78 is 10.8. The van der Waals surface area contributed by atoms with E-state index in [-0.39, 0.29) is 5.91 Å². The number of esters is 1. The second kappa shape index (κ2) is 9.78. The normalized spacial score (nSPS) is 10.8. The zero-order valence-corrected chi connectivity index (χ0v) is 18.2. The molecule has 1 amide bonds. The molecule has 33 heavy (non-hydrogen) atoms. The van der Waals surface area contributed by atoms with Crippen LogP contribution in [0.15, 0.2) is 90.0 Å². The van der Waals surface area contributed by atoms with Crippen molar-refractivity contribution < 1.29 is 19.1 Å². The predicted octanol–water partition coefficient (Wildman–Crippen LogP) is 5.14. The van der Waals surface area contributed by atoms with Crippen LogP contribution in [0.4, 0.5) is 0 Å². The molecule has 0 spiro atoms. The van der Waals surface area contributed by atoms with Crippen LogP contribution in [0.3, 0.4) is 0 Å². The number of aryl methyl sites for hydroxylation is 1. The summed E-state index contributed by atoms with van der Waals surface area (Å²) in [6.07, 6.45) is 1.50. The molecule has 4 rings (SSSR count). The lowest BCUT2D eigenvalue weighted by molar-refractivity contribution is 0.0729. The Morgan fingerprint density at radius 3 is 2.42 bits per heavy atom. The minimum absolute atomic E-state index is 0.292. The van der Waals surface area contributed by atoms with Gasteiger partial charge in [0.1, 0.15) is 0 Å². The summed E-state index contributed by atoms with van der Waals surface area (Å²) in [5.41, 5.74) is 5.27. The van der Waals surface area contributed by atoms with Crippen LogP contribution in [0.25, 0.3) is 10.8 Å². The van der Waals surface area contributed by atoms with Crippen LogP contribution in [-0.2, 0) is 0 Å². The number of carbonyl (C=O) groups excluding carboxylic acids is 2. The zero-order valence-electron chi connectivity index (χ0n) is 18.2. The monoisotopic (exact) mass is 438 g/mol. The first kappa shape index (κ1) is 21.8. The molecular weight excluding hydrogens is 416 g/mol. The Hall–Kier alpha value is -4.45. The van der Waals surface area contributed by atoms with Gasteiger partial charge in [0.15, 0.2) is 11.5 Å². The Labute approximate surface area is 191 Å². The van der Waals surface area contributed by atoms with Gasteiger partial charge in [-0.05, 0) is 59.7 Å². The van der Waals surface area contributed by atoms with Gasteiger partial charge in [-0.3, -0.25) is 4.79 Å². The second-order valence-corrected chi connectivity index (χ2v) is 7.39. The number of carbonyl (C=O) groups is 2. The maximum atomic E-state index is 12.6. The number of nitrogens with zero attached hydrogens (tertiary/aromatic N) is 1. The van der Waals surface area contributed by atoms with E-state index in [0.717, 1.165) is 16.3 Å². The molecule has 0 aromatic heterocycles. The molecule has 0 heterocycles. The minimum atomic E-state index is -0.475. The quantitative estimate of drug-likeness (QED) is 0.196. The number of benzene rings is 4. The van der Waals surface area contributed by atoms with Crippen LogP contribution in [-0.4, -0.2) is 25.2 Å². The average Bonchev–Trinajstić information content (AvgIpc) is 2.84. The molecule has 4 aromatic rings. The SMILES string of the molecule is COc1cc(C=NNC(=O)c2cccc3ccccc23)ccc1OC(=O)c1ccc(C)cc1. The fourth-order valence-electron chi connectivity index (χ4n) is 3.35. The maximum absolute atomic E-state index is 12.6. The lowest BCUT2D eigenvalue weighted by Crippen LogP contribution is -2.17. The van der Waals surface area contributed by atoms with E-state index in [2.05, 4.69) is 10.5 Å². The molecule has 0 aliphatic carbocycles. The third-order valence-corrected chi connectivity index (χ3v) is 5.09. The maximum Gasteiger partial charge on any atom is 0.343 e. The Bertz CT molecular complexity index is 1340. The standard InChI is InChI=1S/C27H22N2O4/c1-18-10-13-21(14-11-18)27(31)33-24-15-12-19(16-25(24)32-2)17-28-29-26(30)23-9-5-7-20-6-3-4-8-22(20)23/h3-17H,1-2H3,(H,29,30). The Balaban J connectivity index is 1.45. The fourth-order valence-corrected chi connectivity index (χ4v) is 3.35. The fraction of sp³-hybridized carbons (Fsp3) is 0.0741. The second-order valence-electron chi connectivity index (χ2n) is 7.39. The first-order valence-electron chi connectivity index (χ1n) is 10.3. The summed E-state index contributed by atoms with van der Waals surface area (Å²) in [7, 11) is 1.49. The van der Waals surface area contributed by atoms with Crippen molar-refractivity contribution in [3.05, 3.63) is 107 Å². The molecule has 0 fully saturated rings. The number of methoxy groups -OCH3 is 1. The van der Waals surface area contributed by atoms with E-state index in [1.165, 1.54) is 13.3 Å². The van der Waals surface area contributed by atoms with Crippen molar-refractivity contribution in [3.63, 3.8) is 0 Å². The highest BCUT2D eigenvalue weighted by Gasteiger charge is 2.13. The van der Waals surface area contributed by atoms with Gasteiger partial charge in [0, 0.05) is 5.56 Å².